The molecule has 148 valence electrons. The molecule has 4 rings (SSSR count). The Kier molecular flexibility index (Phi) is 6.01. The molecule has 1 aliphatic heterocycles. The molecule has 0 fully saturated rings. The molecule has 0 unspecified atom stereocenters. The van der Waals surface area contributed by atoms with E-state index in [1.807, 2.05) is 30.3 Å². The van der Waals surface area contributed by atoms with E-state index in [1.165, 1.54) is 36.0 Å². The Labute approximate surface area is 175 Å². The van der Waals surface area contributed by atoms with Gasteiger partial charge in [-0.2, -0.15) is 0 Å². The second kappa shape index (κ2) is 8.84. The molecule has 2 heterocycles. The molecule has 1 aliphatic rings. The molecule has 0 aliphatic carbocycles. The van der Waals surface area contributed by atoms with Crippen molar-refractivity contribution in [3.8, 4) is 0 Å². The number of halogens is 1. The van der Waals surface area contributed by atoms with Gasteiger partial charge in [-0.05, 0) is 29.8 Å². The number of amides is 1. The number of nitrogens with one attached hydrogen (secondary N) is 1. The van der Waals surface area contributed by atoms with Crippen molar-refractivity contribution in [3.63, 3.8) is 0 Å². The number of carbonyl (C=O) groups is 1. The summed E-state index contributed by atoms with van der Waals surface area (Å²) >= 11 is 2.77. The third-order valence-corrected chi connectivity index (χ3v) is 6.48. The summed E-state index contributed by atoms with van der Waals surface area (Å²) in [5.74, 6) is 0.353. The lowest BCUT2D eigenvalue weighted by Gasteiger charge is -2.14. The maximum absolute atomic E-state index is 13.0. The van der Waals surface area contributed by atoms with Crippen LogP contribution in [0.15, 0.2) is 69.4 Å². The van der Waals surface area contributed by atoms with Gasteiger partial charge in [0.25, 0.3) is 5.56 Å². The van der Waals surface area contributed by atoms with Crippen LogP contribution in [0, 0.1) is 5.82 Å². The van der Waals surface area contributed by atoms with E-state index in [0.29, 0.717) is 22.3 Å². The number of thioether (sulfide) groups is 2. The summed E-state index contributed by atoms with van der Waals surface area (Å²) in [6.07, 6.45) is 0.761. The van der Waals surface area contributed by atoms with Crippen LogP contribution >= 0.6 is 23.5 Å². The van der Waals surface area contributed by atoms with Crippen LogP contribution in [-0.2, 0) is 17.8 Å². The van der Waals surface area contributed by atoms with Crippen molar-refractivity contribution < 1.29 is 9.18 Å². The topological polar surface area (TPSA) is 64.0 Å². The minimum Gasteiger partial charge on any atom is -0.325 e. The molecule has 0 saturated carbocycles. The van der Waals surface area contributed by atoms with E-state index in [9.17, 15) is 14.0 Å². The number of anilines is 1. The summed E-state index contributed by atoms with van der Waals surface area (Å²) < 4.78 is 14.6. The van der Waals surface area contributed by atoms with Crippen molar-refractivity contribution in [1.29, 1.82) is 0 Å². The van der Waals surface area contributed by atoms with Crippen molar-refractivity contribution in [3.05, 3.63) is 82.0 Å². The van der Waals surface area contributed by atoms with E-state index in [1.54, 1.807) is 16.3 Å². The van der Waals surface area contributed by atoms with Crippen molar-refractivity contribution in [2.45, 2.75) is 23.0 Å². The molecular formula is C21H18FN3O2S2. The quantitative estimate of drug-likeness (QED) is 0.479. The molecule has 1 aromatic heterocycles. The highest BCUT2D eigenvalue weighted by atomic mass is 32.2. The lowest BCUT2D eigenvalue weighted by Crippen LogP contribution is -2.26. The second-order valence-electron chi connectivity index (χ2n) is 6.49. The van der Waals surface area contributed by atoms with Crippen LogP contribution in [0.5, 0.6) is 0 Å². The average molecular weight is 428 g/mol. The first kappa shape index (κ1) is 19.7. The highest BCUT2D eigenvalue weighted by Crippen LogP contribution is 2.29. The largest absolute Gasteiger partial charge is 0.325 e. The molecule has 0 saturated heterocycles. The highest BCUT2D eigenvalue weighted by molar-refractivity contribution is 8.00. The Bertz CT molecular complexity index is 1090. The van der Waals surface area contributed by atoms with Gasteiger partial charge in [0.1, 0.15) is 5.82 Å². The molecule has 0 spiro atoms. The van der Waals surface area contributed by atoms with Gasteiger partial charge in [-0.25, -0.2) is 9.37 Å². The fourth-order valence-corrected chi connectivity index (χ4v) is 4.86. The lowest BCUT2D eigenvalue weighted by molar-refractivity contribution is -0.113. The van der Waals surface area contributed by atoms with Gasteiger partial charge < -0.3 is 5.32 Å². The van der Waals surface area contributed by atoms with Gasteiger partial charge in [-0.1, -0.05) is 42.1 Å². The van der Waals surface area contributed by atoms with Gasteiger partial charge in [-0.3, -0.25) is 14.2 Å². The highest BCUT2D eigenvalue weighted by Gasteiger charge is 2.22. The number of carbonyl (C=O) groups excluding carboxylic acids is 1. The fraction of sp³-hybridized carbons (Fsp3) is 0.190. The number of hydrogen-bond acceptors (Lipinski definition) is 5. The lowest BCUT2D eigenvalue weighted by atomic mass is 10.2. The number of fused-ring (bicyclic) bond motifs is 1. The maximum atomic E-state index is 13.0. The number of aryl methyl sites for hydroxylation is 1. The number of aromatic nitrogens is 2. The standard InChI is InChI=1S/C21H18FN3O2S2/c22-15-6-8-16(9-7-15)23-18(26)13-29-21-24-17-10-11-28-19(17)20(27)25(21)12-14-4-2-1-3-5-14/h1-9H,10-13H2,(H,23,26). The van der Waals surface area contributed by atoms with Gasteiger partial charge in [-0.15, -0.1) is 11.8 Å². The number of rotatable bonds is 6. The van der Waals surface area contributed by atoms with E-state index in [0.717, 1.165) is 23.4 Å². The summed E-state index contributed by atoms with van der Waals surface area (Å²) in [4.78, 5) is 30.7. The molecule has 5 nitrogen and oxygen atoms in total. The molecule has 29 heavy (non-hydrogen) atoms. The van der Waals surface area contributed by atoms with Crippen LogP contribution < -0.4 is 10.9 Å². The minimum atomic E-state index is -0.359. The molecule has 1 N–H and O–H groups in total. The zero-order chi connectivity index (χ0) is 20.2. The van der Waals surface area contributed by atoms with E-state index < -0.39 is 0 Å². The van der Waals surface area contributed by atoms with Crippen LogP contribution in [-0.4, -0.2) is 27.0 Å². The maximum Gasteiger partial charge on any atom is 0.268 e. The summed E-state index contributed by atoms with van der Waals surface area (Å²) in [7, 11) is 0. The van der Waals surface area contributed by atoms with Crippen molar-refractivity contribution in [2.75, 3.05) is 16.8 Å². The molecule has 3 aromatic rings. The minimum absolute atomic E-state index is 0.0530. The molecule has 0 atom stereocenters. The molecule has 1 amide bonds. The van der Waals surface area contributed by atoms with E-state index in [4.69, 9.17) is 0 Å². The van der Waals surface area contributed by atoms with Gasteiger partial charge >= 0.3 is 0 Å². The van der Waals surface area contributed by atoms with Crippen molar-refractivity contribution in [2.24, 2.45) is 0 Å². The predicted octanol–water partition coefficient (Wildman–Crippen LogP) is 3.81. The smallest absolute Gasteiger partial charge is 0.268 e. The molecule has 8 heteroatoms. The normalized spacial score (nSPS) is 12.6. The number of nitrogens with zero attached hydrogens (tertiary/aromatic N) is 2. The number of benzene rings is 2. The van der Waals surface area contributed by atoms with Crippen LogP contribution in [0.3, 0.4) is 0 Å². The summed E-state index contributed by atoms with van der Waals surface area (Å²) in [5, 5.41) is 3.27. The van der Waals surface area contributed by atoms with Crippen molar-refractivity contribution >= 4 is 35.1 Å². The van der Waals surface area contributed by atoms with Gasteiger partial charge in [0.2, 0.25) is 5.91 Å². The molecule has 0 radical (unpaired) electrons. The van der Waals surface area contributed by atoms with E-state index in [2.05, 4.69) is 10.3 Å². The Morgan fingerprint density at radius 1 is 1.17 bits per heavy atom. The number of hydrogen-bond donors (Lipinski definition) is 1. The summed E-state index contributed by atoms with van der Waals surface area (Å²) in [6, 6.07) is 15.3. The third kappa shape index (κ3) is 4.71. The Morgan fingerprint density at radius 3 is 2.69 bits per heavy atom. The first-order valence-electron chi connectivity index (χ1n) is 9.09. The molecular weight excluding hydrogens is 409 g/mol. The van der Waals surface area contributed by atoms with Gasteiger partial charge in [0.05, 0.1) is 22.9 Å². The first-order valence-corrected chi connectivity index (χ1v) is 11.1. The van der Waals surface area contributed by atoms with Crippen LogP contribution in [0.25, 0.3) is 0 Å². The predicted molar refractivity (Wildman–Crippen MR) is 114 cm³/mol. The van der Waals surface area contributed by atoms with Crippen LogP contribution in [0.1, 0.15) is 11.3 Å². The monoisotopic (exact) mass is 427 g/mol. The van der Waals surface area contributed by atoms with Crippen LogP contribution in [0.2, 0.25) is 0 Å². The van der Waals surface area contributed by atoms with Crippen LogP contribution in [0.4, 0.5) is 10.1 Å². The summed E-state index contributed by atoms with van der Waals surface area (Å²) in [5.41, 5.74) is 2.28. The first-order chi connectivity index (χ1) is 14.1. The average Bonchev–Trinajstić information content (AvgIpc) is 3.20. The Hall–Kier alpha value is -2.58. The molecule has 0 bridgehead atoms. The van der Waals surface area contributed by atoms with E-state index >= 15 is 0 Å². The summed E-state index contributed by atoms with van der Waals surface area (Å²) in [6.45, 7) is 0.405. The Balaban J connectivity index is 1.54. The van der Waals surface area contributed by atoms with Gasteiger partial charge in [0, 0.05) is 17.9 Å². The zero-order valence-corrected chi connectivity index (χ0v) is 17.1. The van der Waals surface area contributed by atoms with Gasteiger partial charge in [0.15, 0.2) is 5.16 Å². The zero-order valence-electron chi connectivity index (χ0n) is 15.4. The second-order valence-corrected chi connectivity index (χ2v) is 8.54. The Morgan fingerprint density at radius 2 is 1.93 bits per heavy atom. The molecule has 2 aromatic carbocycles. The fourth-order valence-electron chi connectivity index (χ4n) is 3.00. The van der Waals surface area contributed by atoms with E-state index in [-0.39, 0.29) is 23.0 Å². The van der Waals surface area contributed by atoms with Crippen molar-refractivity contribution in [1.82, 2.24) is 9.55 Å². The third-order valence-electron chi connectivity index (χ3n) is 4.39. The SMILES string of the molecule is O=C(CSc1nc2c(c(=O)n1Cc1ccccc1)SCC2)Nc1ccc(F)cc1.